The van der Waals surface area contributed by atoms with Crippen LogP contribution in [0, 0.1) is 17.8 Å². The van der Waals surface area contributed by atoms with E-state index in [-0.39, 0.29) is 11.5 Å². The zero-order valence-corrected chi connectivity index (χ0v) is 11.1. The van der Waals surface area contributed by atoms with Crippen LogP contribution in [0.5, 0.6) is 0 Å². The second kappa shape index (κ2) is 4.84. The molecule has 0 aromatic carbocycles. The predicted molar refractivity (Wildman–Crippen MR) is 68.3 cm³/mol. The molecular weight excluding hydrogens is 228 g/mol. The Hall–Kier alpha value is -0.570. The van der Waals surface area contributed by atoms with Gasteiger partial charge in [-0.3, -0.25) is 4.79 Å². The molecule has 102 valence electrons. The fourth-order valence-electron chi connectivity index (χ4n) is 4.37. The summed E-state index contributed by atoms with van der Waals surface area (Å²) in [7, 11) is 0. The molecule has 1 aliphatic heterocycles. The number of hydrogen-bond acceptors (Lipinski definition) is 2. The average Bonchev–Trinajstić information content (AvgIpc) is 2.27. The molecule has 1 spiro atoms. The summed E-state index contributed by atoms with van der Waals surface area (Å²) in [6.45, 7) is 0.855. The van der Waals surface area contributed by atoms with Crippen molar-refractivity contribution in [3.63, 3.8) is 0 Å². The van der Waals surface area contributed by atoms with Crippen LogP contribution in [0.3, 0.4) is 0 Å². The normalized spacial score (nSPS) is 39.2. The number of rotatable bonds is 2. The van der Waals surface area contributed by atoms with Crippen LogP contribution in [0.25, 0.3) is 0 Å². The molecule has 3 rings (SSSR count). The zero-order valence-electron chi connectivity index (χ0n) is 11.1. The molecule has 0 amide bonds. The van der Waals surface area contributed by atoms with Gasteiger partial charge in [-0.15, -0.1) is 0 Å². The predicted octanol–water partition coefficient (Wildman–Crippen LogP) is 3.23. The maximum absolute atomic E-state index is 11.2. The second-order valence-corrected chi connectivity index (χ2v) is 6.53. The van der Waals surface area contributed by atoms with Crippen molar-refractivity contribution in [2.75, 3.05) is 6.61 Å². The molecule has 3 heteroatoms. The van der Waals surface area contributed by atoms with Gasteiger partial charge in [0.1, 0.15) is 0 Å². The lowest BCUT2D eigenvalue weighted by Crippen LogP contribution is -2.47. The van der Waals surface area contributed by atoms with E-state index in [0.29, 0.717) is 11.8 Å². The number of hydrogen-bond donors (Lipinski definition) is 1. The summed E-state index contributed by atoms with van der Waals surface area (Å²) in [5.74, 6) is 0.404. The smallest absolute Gasteiger partial charge is 0.306 e. The third-order valence-corrected chi connectivity index (χ3v) is 5.55. The van der Waals surface area contributed by atoms with E-state index in [1.807, 2.05) is 0 Å². The van der Waals surface area contributed by atoms with Crippen molar-refractivity contribution < 1.29 is 14.6 Å². The Labute approximate surface area is 109 Å². The summed E-state index contributed by atoms with van der Waals surface area (Å²) in [5.41, 5.74) is 0.125. The van der Waals surface area contributed by atoms with Crippen LogP contribution in [0.4, 0.5) is 0 Å². The minimum Gasteiger partial charge on any atom is -0.481 e. The van der Waals surface area contributed by atoms with Crippen molar-refractivity contribution >= 4 is 5.97 Å². The third kappa shape index (κ3) is 2.18. The van der Waals surface area contributed by atoms with Crippen molar-refractivity contribution in [2.45, 2.75) is 63.4 Å². The molecule has 1 heterocycles. The van der Waals surface area contributed by atoms with Gasteiger partial charge in [0.05, 0.1) is 11.5 Å². The van der Waals surface area contributed by atoms with E-state index in [1.54, 1.807) is 0 Å². The second-order valence-electron chi connectivity index (χ2n) is 6.53. The van der Waals surface area contributed by atoms with Crippen molar-refractivity contribution in [1.29, 1.82) is 0 Å². The topological polar surface area (TPSA) is 46.5 Å². The molecule has 0 bridgehead atoms. The van der Waals surface area contributed by atoms with E-state index in [9.17, 15) is 9.90 Å². The van der Waals surface area contributed by atoms with Crippen LogP contribution in [0.1, 0.15) is 57.8 Å². The van der Waals surface area contributed by atoms with Crippen molar-refractivity contribution in [3.8, 4) is 0 Å². The molecule has 0 radical (unpaired) electrons. The molecule has 3 fully saturated rings. The molecule has 2 aliphatic carbocycles. The quantitative estimate of drug-likeness (QED) is 0.820. The fraction of sp³-hybridized carbons (Fsp3) is 0.933. The maximum atomic E-state index is 11.2. The highest BCUT2D eigenvalue weighted by molar-refractivity contribution is 5.71. The van der Waals surface area contributed by atoms with Gasteiger partial charge in [-0.25, -0.2) is 0 Å². The minimum atomic E-state index is -0.574. The van der Waals surface area contributed by atoms with Crippen molar-refractivity contribution in [3.05, 3.63) is 0 Å². The number of aliphatic carboxylic acids is 1. The highest BCUT2D eigenvalue weighted by Gasteiger charge is 2.47. The lowest BCUT2D eigenvalue weighted by Gasteiger charge is -2.49. The van der Waals surface area contributed by atoms with Gasteiger partial charge in [0.25, 0.3) is 0 Å². The standard InChI is InChI=1S/C15H24O3/c16-14(17)13-5-4-12(13)11-6-9-18-15(10-11)7-2-1-3-8-15/h11-13H,1-10H2,(H,16,17). The Kier molecular flexibility index (Phi) is 3.35. The molecule has 3 unspecified atom stereocenters. The third-order valence-electron chi connectivity index (χ3n) is 5.55. The van der Waals surface area contributed by atoms with E-state index < -0.39 is 5.97 Å². The highest BCUT2D eigenvalue weighted by atomic mass is 16.5. The molecular formula is C15H24O3. The van der Waals surface area contributed by atoms with Crippen LogP contribution in [-0.2, 0) is 9.53 Å². The lowest BCUT2D eigenvalue weighted by atomic mass is 9.62. The first-order chi connectivity index (χ1) is 8.70. The summed E-state index contributed by atoms with van der Waals surface area (Å²) >= 11 is 0. The van der Waals surface area contributed by atoms with Gasteiger partial charge < -0.3 is 9.84 Å². The molecule has 3 aliphatic rings. The molecule has 1 saturated heterocycles. The number of carbonyl (C=O) groups is 1. The summed E-state index contributed by atoms with van der Waals surface area (Å²) in [4.78, 5) is 11.2. The van der Waals surface area contributed by atoms with Crippen LogP contribution >= 0.6 is 0 Å². The molecule has 0 aromatic heterocycles. The summed E-state index contributed by atoms with van der Waals surface area (Å²) < 4.78 is 6.10. The Bertz CT molecular complexity index is 314. The first kappa shape index (κ1) is 12.5. The number of carboxylic acids is 1. The fourth-order valence-corrected chi connectivity index (χ4v) is 4.37. The minimum absolute atomic E-state index is 0.0614. The van der Waals surface area contributed by atoms with Crippen LogP contribution in [-0.4, -0.2) is 23.3 Å². The van der Waals surface area contributed by atoms with E-state index >= 15 is 0 Å². The van der Waals surface area contributed by atoms with Gasteiger partial charge in [-0.05, 0) is 50.4 Å². The number of ether oxygens (including phenoxy) is 1. The van der Waals surface area contributed by atoms with Crippen molar-refractivity contribution in [2.24, 2.45) is 17.8 Å². The molecule has 18 heavy (non-hydrogen) atoms. The molecule has 3 atom stereocenters. The first-order valence-corrected chi connectivity index (χ1v) is 7.57. The van der Waals surface area contributed by atoms with Gasteiger partial charge in [0, 0.05) is 6.61 Å². The Balaban J connectivity index is 1.65. The molecule has 2 saturated carbocycles. The van der Waals surface area contributed by atoms with E-state index in [1.165, 1.54) is 32.1 Å². The van der Waals surface area contributed by atoms with Crippen LogP contribution < -0.4 is 0 Å². The van der Waals surface area contributed by atoms with E-state index in [0.717, 1.165) is 32.3 Å². The van der Waals surface area contributed by atoms with E-state index in [2.05, 4.69) is 0 Å². The van der Waals surface area contributed by atoms with Crippen molar-refractivity contribution in [1.82, 2.24) is 0 Å². The van der Waals surface area contributed by atoms with Crippen LogP contribution in [0.15, 0.2) is 0 Å². The Morgan fingerprint density at radius 1 is 1.11 bits per heavy atom. The molecule has 0 aromatic rings. The maximum Gasteiger partial charge on any atom is 0.306 e. The Morgan fingerprint density at radius 2 is 1.89 bits per heavy atom. The molecule has 3 nitrogen and oxygen atoms in total. The summed E-state index contributed by atoms with van der Waals surface area (Å²) in [6, 6.07) is 0. The van der Waals surface area contributed by atoms with E-state index in [4.69, 9.17) is 4.74 Å². The SMILES string of the molecule is O=C(O)C1CCC1C1CCOC2(CCCCC2)C1. The Morgan fingerprint density at radius 3 is 2.50 bits per heavy atom. The first-order valence-electron chi connectivity index (χ1n) is 7.57. The number of carboxylic acid groups (broad SMARTS) is 1. The van der Waals surface area contributed by atoms with Gasteiger partial charge in [-0.2, -0.15) is 0 Å². The lowest BCUT2D eigenvalue weighted by molar-refractivity contribution is -0.159. The van der Waals surface area contributed by atoms with Crippen LogP contribution in [0.2, 0.25) is 0 Å². The van der Waals surface area contributed by atoms with Gasteiger partial charge >= 0.3 is 5.97 Å². The monoisotopic (exact) mass is 252 g/mol. The van der Waals surface area contributed by atoms with Gasteiger partial charge in [-0.1, -0.05) is 19.3 Å². The van der Waals surface area contributed by atoms with Gasteiger partial charge in [0.2, 0.25) is 0 Å². The largest absolute Gasteiger partial charge is 0.481 e. The zero-order chi connectivity index (χ0) is 12.6. The highest BCUT2D eigenvalue weighted by Crippen LogP contribution is 2.49. The summed E-state index contributed by atoms with van der Waals surface area (Å²) in [6.07, 6.45) is 10.6. The van der Waals surface area contributed by atoms with Gasteiger partial charge in [0.15, 0.2) is 0 Å². The molecule has 1 N–H and O–H groups in total. The summed E-state index contributed by atoms with van der Waals surface area (Å²) in [5, 5.41) is 9.20. The average molecular weight is 252 g/mol.